The molecule has 18 heavy (non-hydrogen) atoms. The molecule has 0 saturated carbocycles. The number of aliphatic hydroxyl groups is 1. The van der Waals surface area contributed by atoms with Crippen LogP contribution in [0.4, 0.5) is 13.2 Å². The number of benzene rings is 1. The molecule has 1 unspecified atom stereocenters. The molecule has 1 rings (SSSR count). The van der Waals surface area contributed by atoms with Crippen molar-refractivity contribution < 1.29 is 27.8 Å². The molecule has 0 radical (unpaired) electrons. The molecule has 0 aromatic heterocycles. The molecule has 1 aromatic carbocycles. The van der Waals surface area contributed by atoms with Crippen molar-refractivity contribution >= 4 is 11.6 Å². The smallest absolute Gasteiger partial charge is 0.491 e. The van der Waals surface area contributed by atoms with E-state index in [-0.39, 0.29) is 12.4 Å². The van der Waals surface area contributed by atoms with Crippen LogP contribution >= 0.6 is 11.6 Å². The summed E-state index contributed by atoms with van der Waals surface area (Å²) >= 11 is 5.74. The highest BCUT2D eigenvalue weighted by molar-refractivity contribution is 6.30. The van der Waals surface area contributed by atoms with Gasteiger partial charge in [0.15, 0.2) is 0 Å². The molecule has 0 amide bonds. The van der Waals surface area contributed by atoms with Gasteiger partial charge in [-0.25, -0.2) is 0 Å². The third-order valence-electron chi connectivity index (χ3n) is 2.03. The van der Waals surface area contributed by atoms with E-state index in [1.165, 1.54) is 25.1 Å². The van der Waals surface area contributed by atoms with Gasteiger partial charge in [0, 0.05) is 10.6 Å². The molecule has 0 aliphatic rings. The van der Waals surface area contributed by atoms with Crippen molar-refractivity contribution in [2.45, 2.75) is 19.4 Å². The van der Waals surface area contributed by atoms with E-state index in [1.54, 1.807) is 0 Å². The van der Waals surface area contributed by atoms with Crippen LogP contribution in [0.15, 0.2) is 18.2 Å². The maximum absolute atomic E-state index is 11.7. The van der Waals surface area contributed by atoms with E-state index in [9.17, 15) is 18.3 Å². The Balaban J connectivity index is 2.57. The Morgan fingerprint density at radius 2 is 2.00 bits per heavy atom. The van der Waals surface area contributed by atoms with Crippen molar-refractivity contribution in [3.8, 4) is 5.75 Å². The average molecular weight is 285 g/mol. The minimum atomic E-state index is -4.67. The zero-order chi connectivity index (χ0) is 13.8. The molecule has 3 nitrogen and oxygen atoms in total. The predicted octanol–water partition coefficient (Wildman–Crippen LogP) is 3.31. The van der Waals surface area contributed by atoms with Crippen LogP contribution in [0.1, 0.15) is 18.6 Å². The first-order chi connectivity index (χ1) is 8.29. The lowest BCUT2D eigenvalue weighted by Gasteiger charge is -2.14. The number of hydrogen-bond acceptors (Lipinski definition) is 3. The maximum atomic E-state index is 11.7. The first kappa shape index (κ1) is 15.1. The molecule has 0 heterocycles. The van der Waals surface area contributed by atoms with E-state index in [0.29, 0.717) is 10.6 Å². The highest BCUT2D eigenvalue weighted by atomic mass is 35.5. The minimum absolute atomic E-state index is 0.277. The summed E-state index contributed by atoms with van der Waals surface area (Å²) in [5.74, 6) is 0.278. The third kappa shape index (κ3) is 5.12. The van der Waals surface area contributed by atoms with Crippen molar-refractivity contribution in [1.82, 2.24) is 0 Å². The second kappa shape index (κ2) is 6.26. The van der Waals surface area contributed by atoms with Gasteiger partial charge in [-0.2, -0.15) is 0 Å². The van der Waals surface area contributed by atoms with E-state index >= 15 is 0 Å². The number of ether oxygens (including phenoxy) is 2. The van der Waals surface area contributed by atoms with Crippen LogP contribution in [0, 0.1) is 0 Å². The molecule has 1 aromatic rings. The highest BCUT2D eigenvalue weighted by Crippen LogP contribution is 2.28. The van der Waals surface area contributed by atoms with E-state index in [4.69, 9.17) is 16.3 Å². The quantitative estimate of drug-likeness (QED) is 0.843. The molecule has 0 bridgehead atoms. The van der Waals surface area contributed by atoms with Crippen LogP contribution in [0.5, 0.6) is 5.75 Å². The monoisotopic (exact) mass is 284 g/mol. The first-order valence-electron chi connectivity index (χ1n) is 5.10. The third-order valence-corrected chi connectivity index (χ3v) is 2.26. The number of aliphatic hydroxyl groups excluding tert-OH is 1. The molecule has 0 fully saturated rings. The van der Waals surface area contributed by atoms with Gasteiger partial charge >= 0.3 is 6.36 Å². The normalized spacial score (nSPS) is 13.4. The molecule has 7 heteroatoms. The summed E-state index contributed by atoms with van der Waals surface area (Å²) in [5, 5.41) is 9.87. The van der Waals surface area contributed by atoms with E-state index in [2.05, 4.69) is 4.74 Å². The van der Waals surface area contributed by atoms with Crippen LogP contribution in [-0.4, -0.2) is 24.7 Å². The first-order valence-corrected chi connectivity index (χ1v) is 5.48. The fourth-order valence-corrected chi connectivity index (χ4v) is 1.47. The van der Waals surface area contributed by atoms with E-state index in [0.717, 1.165) is 0 Å². The zero-order valence-corrected chi connectivity index (χ0v) is 10.3. The zero-order valence-electron chi connectivity index (χ0n) is 9.50. The molecule has 1 N–H and O–H groups in total. The Labute approximate surface area is 107 Å². The van der Waals surface area contributed by atoms with Gasteiger partial charge in [0.1, 0.15) is 12.4 Å². The molecular weight excluding hydrogens is 273 g/mol. The van der Waals surface area contributed by atoms with Gasteiger partial charge in [-0.3, -0.25) is 4.74 Å². The molecule has 102 valence electrons. The lowest BCUT2D eigenvalue weighted by Crippen LogP contribution is -2.18. The van der Waals surface area contributed by atoms with Crippen molar-refractivity contribution in [2.75, 3.05) is 13.2 Å². The Morgan fingerprint density at radius 3 is 2.56 bits per heavy atom. The molecular formula is C11H12ClF3O3. The van der Waals surface area contributed by atoms with Gasteiger partial charge in [-0.1, -0.05) is 11.6 Å². The molecule has 0 aliphatic carbocycles. The molecule has 0 aliphatic heterocycles. The van der Waals surface area contributed by atoms with Crippen molar-refractivity contribution in [2.24, 2.45) is 0 Å². The van der Waals surface area contributed by atoms with E-state index in [1.807, 2.05) is 0 Å². The highest BCUT2D eigenvalue weighted by Gasteiger charge is 2.28. The van der Waals surface area contributed by atoms with Crippen LogP contribution in [0.25, 0.3) is 0 Å². The Hall–Kier alpha value is -0.980. The lowest BCUT2D eigenvalue weighted by molar-refractivity contribution is -0.325. The van der Waals surface area contributed by atoms with E-state index < -0.39 is 19.1 Å². The lowest BCUT2D eigenvalue weighted by atomic mass is 10.1. The van der Waals surface area contributed by atoms with Crippen molar-refractivity contribution in [3.63, 3.8) is 0 Å². The summed E-state index contributed by atoms with van der Waals surface area (Å²) in [4.78, 5) is 0. The van der Waals surface area contributed by atoms with Crippen LogP contribution in [-0.2, 0) is 4.74 Å². The largest absolute Gasteiger partial charge is 0.522 e. The second-order valence-electron chi connectivity index (χ2n) is 3.50. The second-order valence-corrected chi connectivity index (χ2v) is 3.94. The summed E-state index contributed by atoms with van der Waals surface area (Å²) in [7, 11) is 0. The Bertz CT molecular complexity index is 394. The SMILES string of the molecule is CC(O)c1cc(Cl)ccc1OCCOC(F)(F)F. The standard InChI is InChI=1S/C11H12ClF3O3/c1-7(16)9-6-8(12)2-3-10(9)17-4-5-18-11(13,14)15/h2-3,6-7,16H,4-5H2,1H3. The Kier molecular flexibility index (Phi) is 5.25. The fraction of sp³-hybridized carbons (Fsp3) is 0.455. The predicted molar refractivity (Wildman–Crippen MR) is 59.6 cm³/mol. The van der Waals surface area contributed by atoms with Gasteiger partial charge in [0.25, 0.3) is 0 Å². The summed E-state index contributed by atoms with van der Waals surface area (Å²) < 4.78 is 43.8. The molecule has 1 atom stereocenters. The summed E-state index contributed by atoms with van der Waals surface area (Å²) in [6.07, 6.45) is -5.50. The topological polar surface area (TPSA) is 38.7 Å². The maximum Gasteiger partial charge on any atom is 0.522 e. The molecule has 0 saturated heterocycles. The molecule has 0 spiro atoms. The van der Waals surface area contributed by atoms with Gasteiger partial charge < -0.3 is 9.84 Å². The van der Waals surface area contributed by atoms with Crippen LogP contribution < -0.4 is 4.74 Å². The summed E-state index contributed by atoms with van der Waals surface area (Å²) in [5.41, 5.74) is 0.412. The fourth-order valence-electron chi connectivity index (χ4n) is 1.29. The van der Waals surface area contributed by atoms with Gasteiger partial charge in [0.2, 0.25) is 0 Å². The van der Waals surface area contributed by atoms with Gasteiger partial charge in [0.05, 0.1) is 12.7 Å². The summed E-state index contributed by atoms with van der Waals surface area (Å²) in [6.45, 7) is 0.608. The van der Waals surface area contributed by atoms with Gasteiger partial charge in [-0.05, 0) is 25.1 Å². The number of rotatable bonds is 5. The van der Waals surface area contributed by atoms with Crippen molar-refractivity contribution in [3.05, 3.63) is 28.8 Å². The van der Waals surface area contributed by atoms with Crippen LogP contribution in [0.3, 0.4) is 0 Å². The Morgan fingerprint density at radius 1 is 1.33 bits per heavy atom. The average Bonchev–Trinajstić information content (AvgIpc) is 2.24. The van der Waals surface area contributed by atoms with Crippen LogP contribution in [0.2, 0.25) is 5.02 Å². The number of hydrogen-bond donors (Lipinski definition) is 1. The van der Waals surface area contributed by atoms with Gasteiger partial charge in [-0.15, -0.1) is 13.2 Å². The summed E-state index contributed by atoms with van der Waals surface area (Å²) in [6, 6.07) is 4.50. The minimum Gasteiger partial charge on any atom is -0.491 e. The van der Waals surface area contributed by atoms with Crippen molar-refractivity contribution in [1.29, 1.82) is 0 Å². The number of alkyl halides is 3. The number of halogens is 4.